The van der Waals surface area contributed by atoms with Gasteiger partial charge in [0.05, 0.1) is 18.8 Å². The molecule has 110 valence electrons. The highest BCUT2D eigenvalue weighted by Crippen LogP contribution is 2.35. The Bertz CT molecular complexity index is 683. The summed E-state index contributed by atoms with van der Waals surface area (Å²) in [4.78, 5) is 14.1. The van der Waals surface area contributed by atoms with E-state index in [4.69, 9.17) is 14.9 Å². The average Bonchev–Trinajstić information content (AvgIpc) is 2.94. The van der Waals surface area contributed by atoms with Gasteiger partial charge in [0.25, 0.3) is 5.91 Å². The maximum atomic E-state index is 13.3. The maximum Gasteiger partial charge on any atom is 0.294 e. The molecule has 5 nitrogen and oxygen atoms in total. The van der Waals surface area contributed by atoms with E-state index in [0.717, 1.165) is 0 Å². The summed E-state index contributed by atoms with van der Waals surface area (Å²) < 4.78 is 24.3. The van der Waals surface area contributed by atoms with Crippen LogP contribution in [0.25, 0.3) is 0 Å². The first-order chi connectivity index (χ1) is 10.1. The molecule has 1 aromatic carbocycles. The van der Waals surface area contributed by atoms with E-state index in [0.29, 0.717) is 23.7 Å². The smallest absolute Gasteiger partial charge is 0.294 e. The lowest BCUT2D eigenvalue weighted by Crippen LogP contribution is -2.42. The highest BCUT2D eigenvalue weighted by molar-refractivity contribution is 6.05. The summed E-state index contributed by atoms with van der Waals surface area (Å²) in [7, 11) is 0. The molecule has 0 aliphatic carbocycles. The molecule has 1 unspecified atom stereocenters. The molecule has 1 aliphatic rings. The maximum absolute atomic E-state index is 13.3. The molecule has 0 spiro atoms. The predicted octanol–water partition coefficient (Wildman–Crippen LogP) is 2.31. The van der Waals surface area contributed by atoms with E-state index in [1.54, 1.807) is 12.1 Å². The second-order valence-corrected chi connectivity index (χ2v) is 4.93. The van der Waals surface area contributed by atoms with E-state index in [1.807, 2.05) is 6.92 Å². The number of fused-ring (bicyclic) bond motifs is 1. The number of nitrogens with two attached hydrogens (primary N) is 1. The minimum absolute atomic E-state index is 0.208. The van der Waals surface area contributed by atoms with Crippen molar-refractivity contribution in [2.45, 2.75) is 19.6 Å². The van der Waals surface area contributed by atoms with Gasteiger partial charge in [0.15, 0.2) is 5.76 Å². The van der Waals surface area contributed by atoms with Crippen molar-refractivity contribution < 1.29 is 18.3 Å². The van der Waals surface area contributed by atoms with Crippen LogP contribution in [0.1, 0.15) is 23.2 Å². The van der Waals surface area contributed by atoms with Crippen molar-refractivity contribution >= 4 is 11.6 Å². The number of hydrogen-bond donors (Lipinski definition) is 1. The minimum atomic E-state index is -0.404. The third kappa shape index (κ3) is 2.50. The molecule has 0 radical (unpaired) electrons. The van der Waals surface area contributed by atoms with E-state index in [9.17, 15) is 9.18 Å². The molecule has 6 heteroatoms. The number of halogens is 1. The van der Waals surface area contributed by atoms with Gasteiger partial charge in [-0.2, -0.15) is 0 Å². The number of anilines is 1. The van der Waals surface area contributed by atoms with Gasteiger partial charge >= 0.3 is 0 Å². The number of carbonyl (C=O) groups excluding carboxylic acids is 1. The van der Waals surface area contributed by atoms with Gasteiger partial charge in [-0.3, -0.25) is 9.69 Å². The van der Waals surface area contributed by atoms with E-state index >= 15 is 0 Å². The van der Waals surface area contributed by atoms with Crippen LogP contribution >= 0.6 is 0 Å². The molecule has 2 heterocycles. The zero-order valence-corrected chi connectivity index (χ0v) is 11.5. The summed E-state index contributed by atoms with van der Waals surface area (Å²) in [5.74, 6) is 0.405. The lowest BCUT2D eigenvalue weighted by Gasteiger charge is -2.32. The predicted molar refractivity (Wildman–Crippen MR) is 74.8 cm³/mol. The lowest BCUT2D eigenvalue weighted by atomic mass is 10.2. The molecule has 0 fully saturated rings. The van der Waals surface area contributed by atoms with E-state index in [2.05, 4.69) is 0 Å². The molecule has 0 saturated carbocycles. The normalized spacial score (nSPS) is 17.3. The molecular weight excluding hydrogens is 275 g/mol. The summed E-state index contributed by atoms with van der Waals surface area (Å²) in [5, 5.41) is 0. The number of hydrogen-bond acceptors (Lipinski definition) is 4. The van der Waals surface area contributed by atoms with Gasteiger partial charge in [-0.05, 0) is 31.2 Å². The third-order valence-corrected chi connectivity index (χ3v) is 3.30. The second-order valence-electron chi connectivity index (χ2n) is 4.93. The quantitative estimate of drug-likeness (QED) is 0.921. The number of amides is 1. The van der Waals surface area contributed by atoms with Crippen molar-refractivity contribution in [3.63, 3.8) is 0 Å². The molecule has 21 heavy (non-hydrogen) atoms. The van der Waals surface area contributed by atoms with Crippen molar-refractivity contribution in [1.82, 2.24) is 0 Å². The zero-order valence-electron chi connectivity index (χ0n) is 11.5. The Morgan fingerprint density at radius 1 is 1.43 bits per heavy atom. The Labute approximate surface area is 121 Å². The number of furan rings is 1. The minimum Gasteiger partial charge on any atom is -0.487 e. The Hall–Kier alpha value is -2.34. The Kier molecular flexibility index (Phi) is 3.39. The number of nitrogens with zero attached hydrogens (tertiary/aromatic N) is 1. The lowest BCUT2D eigenvalue weighted by molar-refractivity contribution is 0.0932. The van der Waals surface area contributed by atoms with Crippen LogP contribution in [-0.4, -0.2) is 18.6 Å². The first kappa shape index (κ1) is 13.6. The SMILES string of the molecule is CC1CN(C(=O)c2ccc(CN)o2)c2ccc(F)cc2O1. The average molecular weight is 290 g/mol. The Morgan fingerprint density at radius 2 is 2.24 bits per heavy atom. The van der Waals surface area contributed by atoms with Gasteiger partial charge in [0.2, 0.25) is 0 Å². The number of carbonyl (C=O) groups is 1. The summed E-state index contributed by atoms with van der Waals surface area (Å²) in [6.07, 6.45) is -0.229. The molecule has 1 aliphatic heterocycles. The highest BCUT2D eigenvalue weighted by Gasteiger charge is 2.30. The summed E-state index contributed by atoms with van der Waals surface area (Å²) in [5.41, 5.74) is 6.01. The zero-order chi connectivity index (χ0) is 15.0. The fourth-order valence-corrected chi connectivity index (χ4v) is 2.34. The Morgan fingerprint density at radius 3 is 2.95 bits per heavy atom. The van der Waals surface area contributed by atoms with E-state index in [-0.39, 0.29) is 24.3 Å². The van der Waals surface area contributed by atoms with Crippen LogP contribution in [0.2, 0.25) is 0 Å². The number of rotatable bonds is 2. The van der Waals surface area contributed by atoms with Crippen molar-refractivity contribution in [1.29, 1.82) is 0 Å². The Balaban J connectivity index is 1.97. The van der Waals surface area contributed by atoms with Gasteiger partial charge < -0.3 is 14.9 Å². The van der Waals surface area contributed by atoms with Crippen molar-refractivity contribution in [3.8, 4) is 5.75 Å². The van der Waals surface area contributed by atoms with Crippen molar-refractivity contribution in [3.05, 3.63) is 47.7 Å². The summed E-state index contributed by atoms with van der Waals surface area (Å²) >= 11 is 0. The summed E-state index contributed by atoms with van der Waals surface area (Å²) in [6, 6.07) is 7.36. The third-order valence-electron chi connectivity index (χ3n) is 3.30. The number of ether oxygens (including phenoxy) is 1. The molecule has 1 aromatic heterocycles. The first-order valence-corrected chi connectivity index (χ1v) is 6.65. The largest absolute Gasteiger partial charge is 0.487 e. The van der Waals surface area contributed by atoms with E-state index in [1.165, 1.54) is 23.1 Å². The molecule has 1 atom stereocenters. The van der Waals surface area contributed by atoms with Crippen LogP contribution in [0.5, 0.6) is 5.75 Å². The van der Waals surface area contributed by atoms with Crippen molar-refractivity contribution in [2.24, 2.45) is 5.73 Å². The topological polar surface area (TPSA) is 68.7 Å². The van der Waals surface area contributed by atoms with Gasteiger partial charge in [-0.15, -0.1) is 0 Å². The van der Waals surface area contributed by atoms with Crippen molar-refractivity contribution in [2.75, 3.05) is 11.4 Å². The van der Waals surface area contributed by atoms with Crippen LogP contribution in [0.3, 0.4) is 0 Å². The van der Waals surface area contributed by atoms with Crippen LogP contribution in [0.15, 0.2) is 34.7 Å². The fourth-order valence-electron chi connectivity index (χ4n) is 2.34. The molecule has 3 rings (SSSR count). The van der Waals surface area contributed by atoms with Gasteiger partial charge in [0.1, 0.15) is 23.4 Å². The fraction of sp³-hybridized carbons (Fsp3) is 0.267. The van der Waals surface area contributed by atoms with Crippen LogP contribution in [-0.2, 0) is 6.54 Å². The molecule has 2 N–H and O–H groups in total. The van der Waals surface area contributed by atoms with Gasteiger partial charge in [-0.1, -0.05) is 0 Å². The number of benzene rings is 1. The van der Waals surface area contributed by atoms with Crippen LogP contribution < -0.4 is 15.4 Å². The first-order valence-electron chi connectivity index (χ1n) is 6.65. The van der Waals surface area contributed by atoms with Crippen LogP contribution in [0, 0.1) is 5.82 Å². The molecule has 1 amide bonds. The molecule has 0 bridgehead atoms. The second kappa shape index (κ2) is 5.21. The van der Waals surface area contributed by atoms with Gasteiger partial charge in [-0.25, -0.2) is 4.39 Å². The molecule has 0 saturated heterocycles. The highest BCUT2D eigenvalue weighted by atomic mass is 19.1. The monoisotopic (exact) mass is 290 g/mol. The molecular formula is C15H15FN2O3. The standard InChI is InChI=1S/C15H15FN2O3/c1-9-8-18(12-4-2-10(16)6-14(12)20-9)15(19)13-5-3-11(7-17)21-13/h2-6,9H,7-8,17H2,1H3. The summed E-state index contributed by atoms with van der Waals surface area (Å²) in [6.45, 7) is 2.42. The molecule has 2 aromatic rings. The van der Waals surface area contributed by atoms with Gasteiger partial charge in [0, 0.05) is 6.07 Å². The van der Waals surface area contributed by atoms with Crippen LogP contribution in [0.4, 0.5) is 10.1 Å². The van der Waals surface area contributed by atoms with E-state index < -0.39 is 5.82 Å².